The zero-order valence-corrected chi connectivity index (χ0v) is 11.7. The van der Waals surface area contributed by atoms with Crippen molar-refractivity contribution in [1.82, 2.24) is 4.72 Å². The second-order valence-corrected chi connectivity index (χ2v) is 5.75. The number of ether oxygens (including phenoxy) is 1. The molecule has 0 radical (unpaired) electrons. The molecular weight excluding hydrogens is 268 g/mol. The fourth-order valence-electron chi connectivity index (χ4n) is 1.40. The third-order valence-corrected chi connectivity index (χ3v) is 3.85. The average molecular weight is 286 g/mol. The van der Waals surface area contributed by atoms with Gasteiger partial charge in [0.1, 0.15) is 6.54 Å². The number of carbonyl (C=O) groups excluding carboxylic acids is 1. The Morgan fingerprint density at radius 3 is 2.42 bits per heavy atom. The maximum Gasteiger partial charge on any atom is 0.321 e. The van der Waals surface area contributed by atoms with Crippen LogP contribution in [0.25, 0.3) is 0 Å². The van der Waals surface area contributed by atoms with Crippen molar-refractivity contribution in [3.63, 3.8) is 0 Å². The van der Waals surface area contributed by atoms with Crippen LogP contribution in [-0.4, -0.2) is 27.5 Å². The fourth-order valence-corrected chi connectivity index (χ4v) is 2.37. The molecule has 0 saturated carbocycles. The first kappa shape index (κ1) is 15.6. The molecule has 0 aliphatic heterocycles. The Labute approximate surface area is 113 Å². The van der Waals surface area contributed by atoms with Crippen LogP contribution in [0.2, 0.25) is 0 Å². The standard InChI is InChI=1S/C12H18N2O4S/c1-3-18-12(15)8-14-19(16,17)11-6-4-10(5-7-11)9(2)13/h4-7,9,14H,3,8,13H2,1-2H3. The molecule has 0 heterocycles. The van der Waals surface area contributed by atoms with Gasteiger partial charge in [0.2, 0.25) is 10.0 Å². The van der Waals surface area contributed by atoms with Crippen LogP contribution in [0.3, 0.4) is 0 Å². The lowest BCUT2D eigenvalue weighted by molar-refractivity contribution is -0.141. The van der Waals surface area contributed by atoms with Crippen LogP contribution in [0.5, 0.6) is 0 Å². The summed E-state index contributed by atoms with van der Waals surface area (Å²) in [6.45, 7) is 3.29. The van der Waals surface area contributed by atoms with Crippen molar-refractivity contribution in [2.45, 2.75) is 24.8 Å². The number of nitrogens with one attached hydrogen (secondary N) is 1. The molecule has 106 valence electrons. The summed E-state index contributed by atoms with van der Waals surface area (Å²) in [4.78, 5) is 11.2. The molecule has 1 aromatic rings. The van der Waals surface area contributed by atoms with Crippen molar-refractivity contribution in [2.24, 2.45) is 5.73 Å². The summed E-state index contributed by atoms with van der Waals surface area (Å²) in [5, 5.41) is 0. The van der Waals surface area contributed by atoms with Gasteiger partial charge in [-0.1, -0.05) is 12.1 Å². The smallest absolute Gasteiger partial charge is 0.321 e. The van der Waals surface area contributed by atoms with Gasteiger partial charge in [-0.05, 0) is 31.5 Å². The van der Waals surface area contributed by atoms with Gasteiger partial charge in [0.15, 0.2) is 0 Å². The van der Waals surface area contributed by atoms with E-state index in [4.69, 9.17) is 5.73 Å². The van der Waals surface area contributed by atoms with E-state index in [-0.39, 0.29) is 24.1 Å². The van der Waals surface area contributed by atoms with Crippen molar-refractivity contribution in [3.8, 4) is 0 Å². The van der Waals surface area contributed by atoms with E-state index in [0.29, 0.717) is 0 Å². The highest BCUT2D eigenvalue weighted by atomic mass is 32.2. The molecule has 0 aromatic heterocycles. The Balaban J connectivity index is 2.74. The van der Waals surface area contributed by atoms with Crippen LogP contribution in [-0.2, 0) is 19.6 Å². The van der Waals surface area contributed by atoms with Gasteiger partial charge >= 0.3 is 5.97 Å². The molecule has 0 bridgehead atoms. The number of benzene rings is 1. The number of esters is 1. The van der Waals surface area contributed by atoms with Gasteiger partial charge in [-0.2, -0.15) is 4.72 Å². The van der Waals surface area contributed by atoms with E-state index in [9.17, 15) is 13.2 Å². The summed E-state index contributed by atoms with van der Waals surface area (Å²) in [6, 6.07) is 6.02. The lowest BCUT2D eigenvalue weighted by Crippen LogP contribution is -2.30. The quantitative estimate of drug-likeness (QED) is 0.744. The molecule has 19 heavy (non-hydrogen) atoms. The van der Waals surface area contributed by atoms with E-state index < -0.39 is 16.0 Å². The first-order valence-corrected chi connectivity index (χ1v) is 7.36. The van der Waals surface area contributed by atoms with Crippen LogP contribution in [0.4, 0.5) is 0 Å². The first-order valence-electron chi connectivity index (χ1n) is 5.87. The van der Waals surface area contributed by atoms with Gasteiger partial charge < -0.3 is 10.5 Å². The van der Waals surface area contributed by atoms with Crippen LogP contribution in [0.15, 0.2) is 29.2 Å². The van der Waals surface area contributed by atoms with E-state index >= 15 is 0 Å². The zero-order valence-electron chi connectivity index (χ0n) is 10.9. The number of rotatable bonds is 6. The maximum absolute atomic E-state index is 11.9. The van der Waals surface area contributed by atoms with Crippen LogP contribution < -0.4 is 10.5 Å². The monoisotopic (exact) mass is 286 g/mol. The minimum absolute atomic E-state index is 0.0844. The maximum atomic E-state index is 11.9. The van der Waals surface area contributed by atoms with Crippen molar-refractivity contribution in [3.05, 3.63) is 29.8 Å². The minimum Gasteiger partial charge on any atom is -0.465 e. The van der Waals surface area contributed by atoms with Crippen LogP contribution in [0.1, 0.15) is 25.5 Å². The number of hydrogen-bond donors (Lipinski definition) is 2. The molecule has 1 aromatic carbocycles. The molecule has 0 saturated heterocycles. The summed E-state index contributed by atoms with van der Waals surface area (Å²) < 4.78 is 30.6. The normalized spacial score (nSPS) is 13.0. The van der Waals surface area contributed by atoms with E-state index in [1.165, 1.54) is 12.1 Å². The van der Waals surface area contributed by atoms with Gasteiger partial charge in [-0.25, -0.2) is 8.42 Å². The molecule has 1 unspecified atom stereocenters. The molecule has 0 aliphatic carbocycles. The minimum atomic E-state index is -3.71. The summed E-state index contributed by atoms with van der Waals surface area (Å²) in [7, 11) is -3.71. The molecule has 0 amide bonds. The molecule has 0 aliphatic rings. The summed E-state index contributed by atoms with van der Waals surface area (Å²) >= 11 is 0. The van der Waals surface area contributed by atoms with E-state index in [0.717, 1.165) is 5.56 Å². The van der Waals surface area contributed by atoms with Crippen LogP contribution >= 0.6 is 0 Å². The second-order valence-electron chi connectivity index (χ2n) is 3.99. The molecule has 1 rings (SSSR count). The Bertz CT molecular complexity index is 523. The summed E-state index contributed by atoms with van der Waals surface area (Å²) in [6.07, 6.45) is 0. The third-order valence-electron chi connectivity index (χ3n) is 2.43. The topological polar surface area (TPSA) is 98.5 Å². The molecule has 0 fully saturated rings. The van der Waals surface area contributed by atoms with Crippen molar-refractivity contribution >= 4 is 16.0 Å². The predicted molar refractivity (Wildman–Crippen MR) is 70.9 cm³/mol. The predicted octanol–water partition coefficient (Wildman–Crippen LogP) is 0.548. The highest BCUT2D eigenvalue weighted by Crippen LogP contribution is 2.14. The van der Waals surface area contributed by atoms with Gasteiger partial charge in [0, 0.05) is 6.04 Å². The van der Waals surface area contributed by atoms with E-state index in [1.807, 2.05) is 6.92 Å². The lowest BCUT2D eigenvalue weighted by atomic mass is 10.1. The number of nitrogens with two attached hydrogens (primary N) is 1. The Kier molecular flexibility index (Phi) is 5.46. The van der Waals surface area contributed by atoms with Crippen molar-refractivity contribution in [1.29, 1.82) is 0 Å². The first-order chi connectivity index (χ1) is 8.86. The van der Waals surface area contributed by atoms with Crippen molar-refractivity contribution < 1.29 is 17.9 Å². The third kappa shape index (κ3) is 4.62. The molecule has 7 heteroatoms. The van der Waals surface area contributed by atoms with E-state index in [2.05, 4.69) is 9.46 Å². The highest BCUT2D eigenvalue weighted by molar-refractivity contribution is 7.89. The fraction of sp³-hybridized carbons (Fsp3) is 0.417. The second kappa shape index (κ2) is 6.65. The molecule has 1 atom stereocenters. The largest absolute Gasteiger partial charge is 0.465 e. The zero-order chi connectivity index (χ0) is 14.5. The van der Waals surface area contributed by atoms with Gasteiger partial charge in [0.05, 0.1) is 11.5 Å². The van der Waals surface area contributed by atoms with Gasteiger partial charge in [-0.3, -0.25) is 4.79 Å². The van der Waals surface area contributed by atoms with Gasteiger partial charge in [-0.15, -0.1) is 0 Å². The Morgan fingerprint density at radius 2 is 1.95 bits per heavy atom. The lowest BCUT2D eigenvalue weighted by Gasteiger charge is -2.09. The molecule has 3 N–H and O–H groups in total. The Morgan fingerprint density at radius 1 is 1.37 bits per heavy atom. The molecular formula is C12H18N2O4S. The molecule has 6 nitrogen and oxygen atoms in total. The Hall–Kier alpha value is -1.44. The summed E-state index contributed by atoms with van der Waals surface area (Å²) in [5.74, 6) is -0.613. The summed E-state index contributed by atoms with van der Waals surface area (Å²) in [5.41, 5.74) is 6.52. The van der Waals surface area contributed by atoms with Crippen molar-refractivity contribution in [2.75, 3.05) is 13.2 Å². The number of carbonyl (C=O) groups is 1. The SMILES string of the molecule is CCOC(=O)CNS(=O)(=O)c1ccc(C(C)N)cc1. The molecule has 0 spiro atoms. The van der Waals surface area contributed by atoms with E-state index in [1.54, 1.807) is 19.1 Å². The highest BCUT2D eigenvalue weighted by Gasteiger charge is 2.16. The van der Waals surface area contributed by atoms with Crippen LogP contribution in [0, 0.1) is 0 Å². The number of sulfonamides is 1. The van der Waals surface area contributed by atoms with Gasteiger partial charge in [0.25, 0.3) is 0 Å². The number of hydrogen-bond acceptors (Lipinski definition) is 5. The average Bonchev–Trinajstić information content (AvgIpc) is 2.37.